The molecule has 152 valence electrons. The van der Waals surface area contributed by atoms with E-state index < -0.39 is 10.0 Å². The molecule has 0 saturated heterocycles. The minimum absolute atomic E-state index is 0.0961. The summed E-state index contributed by atoms with van der Waals surface area (Å²) in [6.07, 6.45) is 1.83. The molecule has 0 aliphatic rings. The number of thioether (sulfide) groups is 1. The Morgan fingerprint density at radius 1 is 1.04 bits per heavy atom. The number of carbonyl (C=O) groups is 1. The molecule has 1 N–H and O–H groups in total. The van der Waals surface area contributed by atoms with Crippen LogP contribution in [0.5, 0.6) is 0 Å². The summed E-state index contributed by atoms with van der Waals surface area (Å²) in [5.41, 5.74) is 0.534. The Morgan fingerprint density at radius 3 is 2.18 bits per heavy atom. The first kappa shape index (κ1) is 22.9. The second-order valence-electron chi connectivity index (χ2n) is 6.07. The van der Waals surface area contributed by atoms with Crippen molar-refractivity contribution in [3.63, 3.8) is 0 Å². The van der Waals surface area contributed by atoms with Gasteiger partial charge in [0.05, 0.1) is 11.9 Å². The van der Waals surface area contributed by atoms with E-state index in [4.69, 9.17) is 23.2 Å². The summed E-state index contributed by atoms with van der Waals surface area (Å²) in [5.74, 6) is 0.648. The predicted molar refractivity (Wildman–Crippen MR) is 118 cm³/mol. The lowest BCUT2D eigenvalue weighted by molar-refractivity contribution is -0.121. The highest BCUT2D eigenvalue weighted by Gasteiger charge is 2.17. The lowest BCUT2D eigenvalue weighted by Gasteiger charge is -2.22. The molecule has 0 spiro atoms. The zero-order valence-electron chi connectivity index (χ0n) is 15.4. The fourth-order valence-corrected chi connectivity index (χ4v) is 4.44. The van der Waals surface area contributed by atoms with E-state index in [0.717, 1.165) is 16.9 Å². The van der Waals surface area contributed by atoms with Crippen LogP contribution in [0, 0.1) is 0 Å². The van der Waals surface area contributed by atoms with Crippen LogP contribution in [0.25, 0.3) is 0 Å². The van der Waals surface area contributed by atoms with E-state index in [1.54, 1.807) is 36.0 Å². The Morgan fingerprint density at radius 2 is 1.61 bits per heavy atom. The van der Waals surface area contributed by atoms with Crippen LogP contribution < -0.4 is 9.62 Å². The second-order valence-corrected chi connectivity index (χ2v) is 10.0. The summed E-state index contributed by atoms with van der Waals surface area (Å²) in [6.45, 7) is 0.770. The van der Waals surface area contributed by atoms with Crippen LogP contribution in [0.3, 0.4) is 0 Å². The van der Waals surface area contributed by atoms with Crippen molar-refractivity contribution in [3.05, 3.63) is 58.6 Å². The molecule has 5 nitrogen and oxygen atoms in total. The van der Waals surface area contributed by atoms with Crippen LogP contribution in [0.1, 0.15) is 12.8 Å². The summed E-state index contributed by atoms with van der Waals surface area (Å²) >= 11 is 13.3. The number of benzene rings is 2. The highest BCUT2D eigenvalue weighted by atomic mass is 35.5. The van der Waals surface area contributed by atoms with Gasteiger partial charge in [-0.1, -0.05) is 23.2 Å². The number of nitrogens with zero attached hydrogens (tertiary/aromatic N) is 1. The third-order valence-corrected chi connectivity index (χ3v) is 6.50. The molecule has 28 heavy (non-hydrogen) atoms. The minimum atomic E-state index is -3.44. The lowest BCUT2D eigenvalue weighted by atomic mass is 10.2. The summed E-state index contributed by atoms with van der Waals surface area (Å²) in [4.78, 5) is 13.1. The Hall–Kier alpha value is -1.41. The normalized spacial score (nSPS) is 11.2. The molecular formula is C19H22Cl2N2O3S2. The molecule has 0 saturated carbocycles. The van der Waals surface area contributed by atoms with E-state index in [-0.39, 0.29) is 18.9 Å². The first-order chi connectivity index (χ1) is 13.3. The zero-order chi connectivity index (χ0) is 20.6. The quantitative estimate of drug-likeness (QED) is 0.420. The number of rotatable bonds is 10. The molecule has 0 atom stereocenters. The lowest BCUT2D eigenvalue weighted by Crippen LogP contribution is -2.32. The summed E-state index contributed by atoms with van der Waals surface area (Å²) < 4.78 is 25.4. The standard InChI is InChI=1S/C19H22Cl2N2O3S2/c1-28(25,26)23(17-8-4-15(20)5-9-17)13-2-3-19(24)22-12-14-27-18-10-6-16(21)7-11-18/h4-11H,2-3,12-14H2,1H3,(H,22,24). The van der Waals surface area contributed by atoms with Crippen LogP contribution in [-0.2, 0) is 14.8 Å². The number of halogens is 2. The van der Waals surface area contributed by atoms with Gasteiger partial charge < -0.3 is 5.32 Å². The van der Waals surface area contributed by atoms with E-state index in [2.05, 4.69) is 5.32 Å². The molecule has 0 heterocycles. The fourth-order valence-electron chi connectivity index (χ4n) is 2.46. The first-order valence-corrected chi connectivity index (χ1v) is 12.2. The molecule has 0 aliphatic carbocycles. The van der Waals surface area contributed by atoms with Gasteiger partial charge in [-0.25, -0.2) is 8.42 Å². The number of anilines is 1. The van der Waals surface area contributed by atoms with Crippen LogP contribution in [0.2, 0.25) is 10.0 Å². The highest BCUT2D eigenvalue weighted by molar-refractivity contribution is 7.99. The first-order valence-electron chi connectivity index (χ1n) is 8.64. The Labute approximate surface area is 180 Å². The SMILES string of the molecule is CS(=O)(=O)N(CCCC(=O)NCCSc1ccc(Cl)cc1)c1ccc(Cl)cc1. The third kappa shape index (κ3) is 7.91. The number of hydrogen-bond acceptors (Lipinski definition) is 4. The van der Waals surface area contributed by atoms with Crippen LogP contribution in [0.4, 0.5) is 5.69 Å². The van der Waals surface area contributed by atoms with Gasteiger partial charge in [-0.2, -0.15) is 0 Å². The zero-order valence-corrected chi connectivity index (χ0v) is 18.5. The minimum Gasteiger partial charge on any atom is -0.355 e. The molecule has 2 rings (SSSR count). The van der Waals surface area contributed by atoms with E-state index in [1.807, 2.05) is 24.3 Å². The average molecular weight is 461 g/mol. The van der Waals surface area contributed by atoms with Crippen LogP contribution in [-0.4, -0.2) is 39.4 Å². The predicted octanol–water partition coefficient (Wildman–Crippen LogP) is 4.45. The van der Waals surface area contributed by atoms with Crippen molar-refractivity contribution in [2.45, 2.75) is 17.7 Å². The monoisotopic (exact) mass is 460 g/mol. The van der Waals surface area contributed by atoms with Gasteiger partial charge in [0, 0.05) is 40.2 Å². The molecule has 2 aromatic rings. The summed E-state index contributed by atoms with van der Waals surface area (Å²) in [6, 6.07) is 14.1. The molecule has 0 unspecified atom stereocenters. The van der Waals surface area contributed by atoms with Gasteiger partial charge in [0.15, 0.2) is 0 Å². The average Bonchev–Trinajstić information content (AvgIpc) is 2.64. The molecular weight excluding hydrogens is 439 g/mol. The maximum atomic E-state index is 12.0. The van der Waals surface area contributed by atoms with Crippen molar-refractivity contribution in [1.82, 2.24) is 5.32 Å². The van der Waals surface area contributed by atoms with E-state index in [1.165, 1.54) is 4.31 Å². The van der Waals surface area contributed by atoms with Crippen molar-refractivity contribution in [2.75, 3.05) is 29.4 Å². The highest BCUT2D eigenvalue weighted by Crippen LogP contribution is 2.21. The Balaban J connectivity index is 1.73. The molecule has 0 aliphatic heterocycles. The molecule has 2 aromatic carbocycles. The molecule has 9 heteroatoms. The second kappa shape index (κ2) is 11.0. The fraction of sp³-hybridized carbons (Fsp3) is 0.316. The van der Waals surface area contributed by atoms with Crippen LogP contribution in [0.15, 0.2) is 53.4 Å². The van der Waals surface area contributed by atoms with Gasteiger partial charge in [0.1, 0.15) is 0 Å². The molecule has 1 amide bonds. The Kier molecular flexibility index (Phi) is 8.95. The van der Waals surface area contributed by atoms with Crippen molar-refractivity contribution in [3.8, 4) is 0 Å². The van der Waals surface area contributed by atoms with Crippen molar-refractivity contribution >= 4 is 56.6 Å². The maximum absolute atomic E-state index is 12.0. The molecule has 0 radical (unpaired) electrons. The number of sulfonamides is 1. The summed E-state index contributed by atoms with van der Waals surface area (Å²) in [5, 5.41) is 4.08. The number of amides is 1. The van der Waals surface area contributed by atoms with Gasteiger partial charge in [-0.15, -0.1) is 11.8 Å². The molecule has 0 aromatic heterocycles. The van der Waals surface area contributed by atoms with Gasteiger partial charge in [-0.3, -0.25) is 9.10 Å². The van der Waals surface area contributed by atoms with Gasteiger partial charge in [-0.05, 0) is 55.0 Å². The van der Waals surface area contributed by atoms with E-state index in [9.17, 15) is 13.2 Å². The molecule has 0 bridgehead atoms. The van der Waals surface area contributed by atoms with Crippen molar-refractivity contribution < 1.29 is 13.2 Å². The maximum Gasteiger partial charge on any atom is 0.232 e. The summed E-state index contributed by atoms with van der Waals surface area (Å²) in [7, 11) is -3.44. The number of carbonyl (C=O) groups excluding carboxylic acids is 1. The number of nitrogens with one attached hydrogen (secondary N) is 1. The topological polar surface area (TPSA) is 66.5 Å². The smallest absolute Gasteiger partial charge is 0.232 e. The number of hydrogen-bond donors (Lipinski definition) is 1. The van der Waals surface area contributed by atoms with Crippen molar-refractivity contribution in [2.24, 2.45) is 0 Å². The third-order valence-electron chi connectivity index (χ3n) is 3.79. The molecule has 0 fully saturated rings. The van der Waals surface area contributed by atoms with E-state index in [0.29, 0.717) is 28.7 Å². The van der Waals surface area contributed by atoms with Gasteiger partial charge >= 0.3 is 0 Å². The van der Waals surface area contributed by atoms with Crippen molar-refractivity contribution in [1.29, 1.82) is 0 Å². The Bertz CT molecular complexity index is 873. The van der Waals surface area contributed by atoms with Gasteiger partial charge in [0.25, 0.3) is 0 Å². The van der Waals surface area contributed by atoms with Gasteiger partial charge in [0.2, 0.25) is 15.9 Å². The van der Waals surface area contributed by atoms with Crippen LogP contribution >= 0.6 is 35.0 Å². The van der Waals surface area contributed by atoms with E-state index >= 15 is 0 Å². The largest absolute Gasteiger partial charge is 0.355 e.